The fourth-order valence-electron chi connectivity index (χ4n) is 2.88. The maximum Gasteiger partial charge on any atom is 0.267 e. The van der Waals surface area contributed by atoms with Gasteiger partial charge in [0.05, 0.1) is 6.04 Å². The summed E-state index contributed by atoms with van der Waals surface area (Å²) in [5, 5.41) is 11.7. The van der Waals surface area contributed by atoms with E-state index in [-0.39, 0.29) is 11.8 Å². The second-order valence-corrected chi connectivity index (χ2v) is 5.71. The molecule has 0 bridgehead atoms. The quantitative estimate of drug-likeness (QED) is 0.448. The summed E-state index contributed by atoms with van der Waals surface area (Å²) in [6, 6.07) is 15.1. The molecule has 0 spiro atoms. The Hall–Kier alpha value is -2.76. The molecule has 1 aliphatic heterocycles. The summed E-state index contributed by atoms with van der Waals surface area (Å²) in [6.45, 7) is 0.619. The van der Waals surface area contributed by atoms with E-state index in [1.807, 2.05) is 48.5 Å². The molecule has 5 nitrogen and oxygen atoms in total. The molecule has 2 aromatic rings. The second-order valence-electron chi connectivity index (χ2n) is 5.71. The highest BCUT2D eigenvalue weighted by Crippen LogP contribution is 2.28. The predicted molar refractivity (Wildman–Crippen MR) is 90.1 cm³/mol. The van der Waals surface area contributed by atoms with Crippen molar-refractivity contribution in [1.29, 1.82) is 0 Å². The molecule has 24 heavy (non-hydrogen) atoms. The van der Waals surface area contributed by atoms with Crippen molar-refractivity contribution in [2.45, 2.75) is 19.0 Å². The highest BCUT2D eigenvalue weighted by atomic mass is 16.5. The van der Waals surface area contributed by atoms with Gasteiger partial charge in [-0.05, 0) is 28.3 Å². The fraction of sp³-hybridized carbons (Fsp3) is 0.158. The first kappa shape index (κ1) is 16.1. The average Bonchev–Trinajstić information content (AvgIpc) is 3.03. The lowest BCUT2D eigenvalue weighted by atomic mass is 9.96. The molecule has 0 saturated carbocycles. The number of carbonyl (C=O) groups excluding carboxylic acids is 2. The monoisotopic (exact) mass is 322 g/mol. The largest absolute Gasteiger partial charge is 0.300 e. The zero-order chi connectivity index (χ0) is 16.9. The van der Waals surface area contributed by atoms with Gasteiger partial charge in [-0.3, -0.25) is 20.1 Å². The number of Topliss-reactive ketones (excluding diaryl/α,β-unsaturated/α-hetero) is 1. The topological polar surface area (TPSA) is 78.4 Å². The fourth-order valence-corrected chi connectivity index (χ4v) is 2.88. The molecule has 1 heterocycles. The summed E-state index contributed by atoms with van der Waals surface area (Å²) >= 11 is 0. The maximum absolute atomic E-state index is 12.6. The average molecular weight is 322 g/mol. The van der Waals surface area contributed by atoms with Crippen LogP contribution in [0, 0.1) is 0 Å². The van der Waals surface area contributed by atoms with Gasteiger partial charge in [0.2, 0.25) is 0 Å². The van der Waals surface area contributed by atoms with Crippen LogP contribution in [0.4, 0.5) is 0 Å². The van der Waals surface area contributed by atoms with Gasteiger partial charge >= 0.3 is 0 Å². The van der Waals surface area contributed by atoms with E-state index in [1.165, 1.54) is 6.08 Å². The number of amides is 1. The van der Waals surface area contributed by atoms with Gasteiger partial charge in [0.1, 0.15) is 0 Å². The molecule has 1 aliphatic rings. The van der Waals surface area contributed by atoms with Crippen LogP contribution in [0.5, 0.6) is 0 Å². The molecule has 0 radical (unpaired) electrons. The number of hydrogen-bond donors (Lipinski definition) is 3. The Kier molecular flexibility index (Phi) is 4.84. The van der Waals surface area contributed by atoms with E-state index in [9.17, 15) is 9.59 Å². The third-order valence-electron chi connectivity index (χ3n) is 4.06. The minimum Gasteiger partial charge on any atom is -0.300 e. The number of ketones is 1. The number of fused-ring (bicyclic) bond motifs is 1. The summed E-state index contributed by atoms with van der Waals surface area (Å²) in [4.78, 5) is 23.6. The van der Waals surface area contributed by atoms with Crippen molar-refractivity contribution < 1.29 is 14.8 Å². The molecule has 0 saturated heterocycles. The molecular formula is C19H18N2O3. The van der Waals surface area contributed by atoms with Crippen LogP contribution in [0.15, 0.2) is 54.6 Å². The Morgan fingerprint density at radius 3 is 2.75 bits per heavy atom. The van der Waals surface area contributed by atoms with Crippen LogP contribution in [0.25, 0.3) is 6.08 Å². The predicted octanol–water partition coefficient (Wildman–Crippen LogP) is 2.16. The molecule has 1 atom stereocenters. The van der Waals surface area contributed by atoms with Crippen LogP contribution in [0.2, 0.25) is 0 Å². The van der Waals surface area contributed by atoms with E-state index in [0.717, 1.165) is 22.3 Å². The van der Waals surface area contributed by atoms with Gasteiger partial charge in [-0.1, -0.05) is 48.5 Å². The molecule has 122 valence electrons. The maximum atomic E-state index is 12.6. The number of hydroxylamine groups is 1. The zero-order valence-corrected chi connectivity index (χ0v) is 13.0. The van der Waals surface area contributed by atoms with Crippen LogP contribution in [-0.2, 0) is 22.6 Å². The van der Waals surface area contributed by atoms with Crippen molar-refractivity contribution in [2.75, 3.05) is 0 Å². The Morgan fingerprint density at radius 2 is 2.00 bits per heavy atom. The third kappa shape index (κ3) is 3.59. The molecule has 0 aliphatic carbocycles. The molecule has 2 aromatic carbocycles. The smallest absolute Gasteiger partial charge is 0.267 e. The van der Waals surface area contributed by atoms with E-state index in [1.54, 1.807) is 11.6 Å². The third-order valence-corrected chi connectivity index (χ3v) is 4.06. The van der Waals surface area contributed by atoms with Crippen LogP contribution in [-0.4, -0.2) is 16.9 Å². The highest BCUT2D eigenvalue weighted by molar-refractivity contribution is 5.91. The first-order chi connectivity index (χ1) is 11.7. The van der Waals surface area contributed by atoms with Gasteiger partial charge in [-0.25, -0.2) is 5.48 Å². The van der Waals surface area contributed by atoms with E-state index in [0.29, 0.717) is 13.0 Å². The summed E-state index contributed by atoms with van der Waals surface area (Å²) in [5.41, 5.74) is 5.43. The molecule has 1 amide bonds. The number of nitrogens with one attached hydrogen (secondary N) is 2. The Labute approximate surface area is 140 Å². The van der Waals surface area contributed by atoms with Crippen LogP contribution < -0.4 is 10.8 Å². The van der Waals surface area contributed by atoms with Crippen molar-refractivity contribution in [2.24, 2.45) is 0 Å². The lowest BCUT2D eigenvalue weighted by molar-refractivity contribution is -0.124. The number of rotatable bonds is 5. The molecule has 0 fully saturated rings. The van der Waals surface area contributed by atoms with Crippen molar-refractivity contribution >= 4 is 17.8 Å². The summed E-state index contributed by atoms with van der Waals surface area (Å²) < 4.78 is 0. The van der Waals surface area contributed by atoms with Crippen molar-refractivity contribution in [3.8, 4) is 0 Å². The SMILES string of the molecule is O=C(/C=C/c1ccc2c(c1)CNC2C(=O)Cc1ccccc1)NO. The number of carbonyl (C=O) groups is 2. The van der Waals surface area contributed by atoms with Crippen LogP contribution in [0.3, 0.4) is 0 Å². The molecular weight excluding hydrogens is 304 g/mol. The Bertz CT molecular complexity index is 784. The minimum atomic E-state index is -0.579. The van der Waals surface area contributed by atoms with Crippen LogP contribution >= 0.6 is 0 Å². The van der Waals surface area contributed by atoms with Gasteiger partial charge in [0, 0.05) is 19.0 Å². The molecule has 3 N–H and O–H groups in total. The number of hydrogen-bond acceptors (Lipinski definition) is 4. The molecule has 0 aromatic heterocycles. The van der Waals surface area contributed by atoms with Gasteiger partial charge in [-0.2, -0.15) is 0 Å². The van der Waals surface area contributed by atoms with E-state index in [2.05, 4.69) is 5.32 Å². The van der Waals surface area contributed by atoms with Crippen molar-refractivity contribution in [3.63, 3.8) is 0 Å². The lowest BCUT2D eigenvalue weighted by Gasteiger charge is -2.11. The summed E-state index contributed by atoms with van der Waals surface area (Å²) in [5.74, 6) is -0.438. The molecule has 1 unspecified atom stereocenters. The van der Waals surface area contributed by atoms with E-state index < -0.39 is 5.91 Å². The van der Waals surface area contributed by atoms with E-state index >= 15 is 0 Å². The molecule has 5 heteroatoms. The van der Waals surface area contributed by atoms with Gasteiger partial charge in [0.15, 0.2) is 5.78 Å². The number of benzene rings is 2. The Balaban J connectivity index is 1.74. The van der Waals surface area contributed by atoms with Gasteiger partial charge in [-0.15, -0.1) is 0 Å². The normalized spacial score (nSPS) is 16.1. The van der Waals surface area contributed by atoms with Crippen LogP contribution in [0.1, 0.15) is 28.3 Å². The first-order valence-electron chi connectivity index (χ1n) is 7.72. The Morgan fingerprint density at radius 1 is 1.21 bits per heavy atom. The zero-order valence-electron chi connectivity index (χ0n) is 13.0. The van der Waals surface area contributed by atoms with Gasteiger partial charge in [0.25, 0.3) is 5.91 Å². The first-order valence-corrected chi connectivity index (χ1v) is 7.72. The highest BCUT2D eigenvalue weighted by Gasteiger charge is 2.27. The lowest BCUT2D eigenvalue weighted by Crippen LogP contribution is -2.23. The van der Waals surface area contributed by atoms with Crippen molar-refractivity contribution in [3.05, 3.63) is 76.9 Å². The standard InChI is InChI=1S/C19H18N2O3/c22-17(11-13-4-2-1-3-5-13)19-16-8-6-14(7-9-18(23)21-24)10-15(16)12-20-19/h1-10,19-20,24H,11-12H2,(H,21,23)/b9-7+. The van der Waals surface area contributed by atoms with Gasteiger partial charge < -0.3 is 0 Å². The van der Waals surface area contributed by atoms with Crippen molar-refractivity contribution in [1.82, 2.24) is 10.8 Å². The second kappa shape index (κ2) is 7.21. The minimum absolute atomic E-state index is 0.142. The molecule has 3 rings (SSSR count). The van der Waals surface area contributed by atoms with E-state index in [4.69, 9.17) is 5.21 Å². The summed E-state index contributed by atoms with van der Waals surface area (Å²) in [6.07, 6.45) is 3.27. The summed E-state index contributed by atoms with van der Waals surface area (Å²) in [7, 11) is 0.